The number of benzene rings is 3. The Bertz CT molecular complexity index is 1520. The van der Waals surface area contributed by atoms with Gasteiger partial charge in [0.1, 0.15) is 23.8 Å². The monoisotopic (exact) mass is 564 g/mol. The maximum atomic E-state index is 15.8. The van der Waals surface area contributed by atoms with Crippen molar-refractivity contribution in [3.05, 3.63) is 88.5 Å². The molecule has 2 unspecified atom stereocenters. The van der Waals surface area contributed by atoms with Crippen LogP contribution in [-0.4, -0.2) is 18.2 Å². The van der Waals surface area contributed by atoms with E-state index in [0.717, 1.165) is 35.1 Å². The topological polar surface area (TPSA) is 55.8 Å². The molecule has 5 rings (SSSR count). The number of fused-ring (bicyclic) bond motifs is 1. The molecule has 4 nitrogen and oxygen atoms in total. The summed E-state index contributed by atoms with van der Waals surface area (Å²) in [6, 6.07) is 13.2. The predicted octanol–water partition coefficient (Wildman–Crippen LogP) is 8.96. The Labute approximate surface area is 238 Å². The summed E-state index contributed by atoms with van der Waals surface area (Å²) < 4.78 is 57.4. The van der Waals surface area contributed by atoms with Crippen molar-refractivity contribution in [2.75, 3.05) is 7.11 Å². The zero-order chi connectivity index (χ0) is 29.5. The minimum absolute atomic E-state index is 0.0216. The van der Waals surface area contributed by atoms with Crippen molar-refractivity contribution in [1.29, 1.82) is 0 Å². The highest BCUT2D eigenvalue weighted by molar-refractivity contribution is 5.85. The summed E-state index contributed by atoms with van der Waals surface area (Å²) in [6.45, 7) is 5.74. The number of halogens is 3. The summed E-state index contributed by atoms with van der Waals surface area (Å²) in [4.78, 5) is 11.4. The second-order valence-corrected chi connectivity index (χ2v) is 11.9. The normalized spacial score (nSPS) is 21.2. The molecule has 2 aliphatic rings. The number of aliphatic carboxylic acids is 1. The quantitative estimate of drug-likeness (QED) is 0.297. The molecule has 7 heteroatoms. The highest BCUT2D eigenvalue weighted by Gasteiger charge is 2.39. The maximum absolute atomic E-state index is 15.8. The molecule has 2 atom stereocenters. The van der Waals surface area contributed by atoms with Crippen molar-refractivity contribution < 1.29 is 32.5 Å². The Hall–Kier alpha value is -3.74. The van der Waals surface area contributed by atoms with Crippen LogP contribution in [0.25, 0.3) is 16.7 Å². The Morgan fingerprint density at radius 3 is 2.46 bits per heavy atom. The van der Waals surface area contributed by atoms with E-state index in [-0.39, 0.29) is 54.0 Å². The lowest BCUT2D eigenvalue weighted by Gasteiger charge is -2.34. The minimum Gasteiger partial charge on any atom is -0.497 e. The minimum atomic E-state index is -1.74. The van der Waals surface area contributed by atoms with Gasteiger partial charge in [-0.25, -0.2) is 13.2 Å². The van der Waals surface area contributed by atoms with E-state index in [1.54, 1.807) is 19.2 Å². The van der Waals surface area contributed by atoms with E-state index < -0.39 is 23.4 Å². The van der Waals surface area contributed by atoms with E-state index in [1.165, 1.54) is 25.1 Å². The summed E-state index contributed by atoms with van der Waals surface area (Å²) in [7, 11) is 1.54. The fourth-order valence-corrected chi connectivity index (χ4v) is 6.28. The number of hydrogen-bond donors (Lipinski definition) is 1. The number of carbonyl (C=O) groups is 1. The summed E-state index contributed by atoms with van der Waals surface area (Å²) in [6.07, 6.45) is 4.15. The molecule has 2 aliphatic carbocycles. The first-order chi connectivity index (χ1) is 19.4. The number of methoxy groups -OCH3 is 1. The van der Waals surface area contributed by atoms with Crippen LogP contribution in [0.3, 0.4) is 0 Å². The Balaban J connectivity index is 1.51. The van der Waals surface area contributed by atoms with Crippen LogP contribution in [0.2, 0.25) is 0 Å². The first kappa shape index (κ1) is 28.8. The summed E-state index contributed by atoms with van der Waals surface area (Å²) in [5, 5.41) is 9.36. The molecular weight excluding hydrogens is 529 g/mol. The zero-order valence-electron chi connectivity index (χ0n) is 23.8. The number of hydrogen-bond acceptors (Lipinski definition) is 3. The molecule has 216 valence electrons. The molecule has 41 heavy (non-hydrogen) atoms. The van der Waals surface area contributed by atoms with Gasteiger partial charge in [0.15, 0.2) is 11.6 Å². The molecular formula is C34H35F3O4. The van der Waals surface area contributed by atoms with Gasteiger partial charge in [0, 0.05) is 11.1 Å². The van der Waals surface area contributed by atoms with Gasteiger partial charge in [0.05, 0.1) is 13.5 Å². The van der Waals surface area contributed by atoms with Gasteiger partial charge in [-0.1, -0.05) is 38.1 Å². The molecule has 0 saturated carbocycles. The van der Waals surface area contributed by atoms with Gasteiger partial charge in [0.2, 0.25) is 0 Å². The first-order valence-corrected chi connectivity index (χ1v) is 14.0. The third-order valence-electron chi connectivity index (χ3n) is 8.58. The van der Waals surface area contributed by atoms with Crippen LogP contribution in [0.5, 0.6) is 11.5 Å². The van der Waals surface area contributed by atoms with E-state index in [1.807, 2.05) is 18.2 Å². The van der Waals surface area contributed by atoms with Gasteiger partial charge >= 0.3 is 5.97 Å². The Kier molecular flexibility index (Phi) is 7.66. The largest absolute Gasteiger partial charge is 0.497 e. The number of ether oxygens (including phenoxy) is 2. The van der Waals surface area contributed by atoms with E-state index in [4.69, 9.17) is 9.47 Å². The number of allylic oxidation sites excluding steroid dienone is 2. The van der Waals surface area contributed by atoms with Crippen LogP contribution in [0.1, 0.15) is 81.0 Å². The average Bonchev–Trinajstić information content (AvgIpc) is 3.28. The van der Waals surface area contributed by atoms with Crippen LogP contribution < -0.4 is 9.47 Å². The van der Waals surface area contributed by atoms with Crippen LogP contribution in [0.4, 0.5) is 13.2 Å². The third kappa shape index (κ3) is 5.59. The summed E-state index contributed by atoms with van der Waals surface area (Å²) >= 11 is 0. The Morgan fingerprint density at radius 2 is 1.78 bits per heavy atom. The van der Waals surface area contributed by atoms with Crippen molar-refractivity contribution in [2.45, 2.75) is 71.1 Å². The van der Waals surface area contributed by atoms with E-state index in [9.17, 15) is 9.90 Å². The van der Waals surface area contributed by atoms with Gasteiger partial charge in [-0.2, -0.15) is 0 Å². The van der Waals surface area contributed by atoms with Gasteiger partial charge < -0.3 is 14.6 Å². The van der Waals surface area contributed by atoms with Crippen molar-refractivity contribution >= 4 is 11.5 Å². The highest BCUT2D eigenvalue weighted by atomic mass is 19.1. The summed E-state index contributed by atoms with van der Waals surface area (Å²) in [5.74, 6) is -2.27. The number of rotatable bonds is 8. The predicted molar refractivity (Wildman–Crippen MR) is 153 cm³/mol. The van der Waals surface area contributed by atoms with Gasteiger partial charge in [-0.3, -0.25) is 4.79 Å². The van der Waals surface area contributed by atoms with Crippen molar-refractivity contribution in [3.8, 4) is 22.6 Å². The van der Waals surface area contributed by atoms with Crippen molar-refractivity contribution in [2.24, 2.45) is 5.41 Å². The molecule has 0 spiro atoms. The molecule has 3 aromatic rings. The maximum Gasteiger partial charge on any atom is 0.303 e. The zero-order valence-corrected chi connectivity index (χ0v) is 23.8. The number of alkyl halides is 1. The highest BCUT2D eigenvalue weighted by Crippen LogP contribution is 2.49. The standard InChI is InChI=1S/C34H35F3O4/c1-33(2)14-5-6-26(33)24-16-20(7-9-23(24)25-18-22(40-4)8-11-28(25)35)19-41-29-12-10-27-31(32(29)36)21(17-30(38)39)13-15-34(27,3)37/h6-12,16,18,21H,5,13-15,17,19H2,1-4H3,(H,38,39). The van der Waals surface area contributed by atoms with Crippen LogP contribution in [0, 0.1) is 17.0 Å². The van der Waals surface area contributed by atoms with Gasteiger partial charge in [0.25, 0.3) is 0 Å². The lowest BCUT2D eigenvalue weighted by atomic mass is 9.74. The lowest BCUT2D eigenvalue weighted by molar-refractivity contribution is -0.137. The van der Waals surface area contributed by atoms with E-state index in [0.29, 0.717) is 11.3 Å². The molecule has 0 fully saturated rings. The summed E-state index contributed by atoms with van der Waals surface area (Å²) in [5.41, 5.74) is 2.30. The van der Waals surface area contributed by atoms with Crippen LogP contribution in [-0.2, 0) is 17.1 Å². The lowest BCUT2D eigenvalue weighted by Crippen LogP contribution is -2.27. The van der Waals surface area contributed by atoms with Gasteiger partial charge in [-0.05, 0) is 102 Å². The fraction of sp³-hybridized carbons (Fsp3) is 0.382. The number of carboxylic acid groups (broad SMARTS) is 1. The Morgan fingerprint density at radius 1 is 1.00 bits per heavy atom. The SMILES string of the molecule is COc1ccc(F)c(-c2ccc(COc3ccc4c(c3F)C(CC(=O)O)CCC4(C)F)cc2C2=CCCC2(C)C)c1. The van der Waals surface area contributed by atoms with Gasteiger partial charge in [-0.15, -0.1) is 0 Å². The fourth-order valence-electron chi connectivity index (χ4n) is 6.28. The molecule has 0 bridgehead atoms. The molecule has 0 radical (unpaired) electrons. The van der Waals surface area contributed by atoms with Crippen LogP contribution >= 0.6 is 0 Å². The van der Waals surface area contributed by atoms with Crippen LogP contribution in [0.15, 0.2) is 54.6 Å². The second kappa shape index (κ2) is 10.9. The molecule has 0 saturated heterocycles. The van der Waals surface area contributed by atoms with Crippen molar-refractivity contribution in [3.63, 3.8) is 0 Å². The van der Waals surface area contributed by atoms with E-state index in [2.05, 4.69) is 19.9 Å². The van der Waals surface area contributed by atoms with E-state index >= 15 is 13.2 Å². The van der Waals surface area contributed by atoms with Crippen molar-refractivity contribution in [1.82, 2.24) is 0 Å². The molecule has 0 aromatic heterocycles. The molecule has 0 amide bonds. The first-order valence-electron chi connectivity index (χ1n) is 14.0. The second-order valence-electron chi connectivity index (χ2n) is 11.9. The smallest absolute Gasteiger partial charge is 0.303 e. The molecule has 3 aromatic carbocycles. The molecule has 0 heterocycles. The molecule has 1 N–H and O–H groups in total. The molecule has 0 aliphatic heterocycles. The average molecular weight is 565 g/mol. The third-order valence-corrected chi connectivity index (χ3v) is 8.58. The number of carboxylic acids is 1.